The van der Waals surface area contributed by atoms with Gasteiger partial charge in [-0.2, -0.15) is 0 Å². The average molecular weight is 420 g/mol. The van der Waals surface area contributed by atoms with Crippen molar-refractivity contribution in [3.8, 4) is 17.0 Å². The number of ether oxygens (including phenoxy) is 1. The summed E-state index contributed by atoms with van der Waals surface area (Å²) in [5.41, 5.74) is 4.97. The van der Waals surface area contributed by atoms with Crippen LogP contribution in [0.1, 0.15) is 15.9 Å². The lowest BCUT2D eigenvalue weighted by atomic mass is 10.00. The van der Waals surface area contributed by atoms with E-state index in [1.807, 2.05) is 40.9 Å². The number of rotatable bonds is 4. The number of nitrogens with one attached hydrogen (secondary N) is 2. The standard InChI is InChI=1S/C22H18ClN5O2/c1-30-15-3-5-17(18(23)11-15)19-12-26-21-20(24-8-9-28(19)21)27-14-2-4-16-13(10-14)6-7-25-22(16)29/h2-5,8-12H,6-7H2,1H3,(H,24,27)(H,25,29). The summed E-state index contributed by atoms with van der Waals surface area (Å²) in [7, 11) is 1.61. The number of fused-ring (bicyclic) bond motifs is 2. The minimum absolute atomic E-state index is 0.0303. The van der Waals surface area contributed by atoms with Crippen molar-refractivity contribution in [3.63, 3.8) is 0 Å². The van der Waals surface area contributed by atoms with E-state index in [9.17, 15) is 4.79 Å². The summed E-state index contributed by atoms with van der Waals surface area (Å²) in [5, 5.41) is 6.77. The van der Waals surface area contributed by atoms with Gasteiger partial charge >= 0.3 is 0 Å². The number of carbonyl (C=O) groups is 1. The molecule has 8 heteroatoms. The van der Waals surface area contributed by atoms with Crippen molar-refractivity contribution >= 4 is 34.7 Å². The molecule has 3 heterocycles. The molecule has 0 radical (unpaired) electrons. The summed E-state index contributed by atoms with van der Waals surface area (Å²) in [5.74, 6) is 1.29. The molecule has 2 aromatic carbocycles. The molecule has 5 rings (SSSR count). The van der Waals surface area contributed by atoms with Gasteiger partial charge in [-0.05, 0) is 48.4 Å². The number of carbonyl (C=O) groups excluding carboxylic acids is 1. The third kappa shape index (κ3) is 3.13. The molecule has 0 bridgehead atoms. The van der Waals surface area contributed by atoms with Crippen LogP contribution in [0.2, 0.25) is 5.02 Å². The average Bonchev–Trinajstić information content (AvgIpc) is 3.19. The summed E-state index contributed by atoms with van der Waals surface area (Å²) in [6.45, 7) is 0.648. The number of hydrogen-bond donors (Lipinski definition) is 2. The van der Waals surface area contributed by atoms with Crippen molar-refractivity contribution in [2.45, 2.75) is 6.42 Å². The lowest BCUT2D eigenvalue weighted by Gasteiger charge is -2.17. The summed E-state index contributed by atoms with van der Waals surface area (Å²) in [6.07, 6.45) is 6.13. The van der Waals surface area contributed by atoms with Crippen LogP contribution in [0.5, 0.6) is 5.75 Å². The molecule has 30 heavy (non-hydrogen) atoms. The normalized spacial score (nSPS) is 13.1. The molecule has 1 amide bonds. The van der Waals surface area contributed by atoms with Gasteiger partial charge in [0, 0.05) is 35.8 Å². The van der Waals surface area contributed by atoms with Crippen molar-refractivity contribution in [2.24, 2.45) is 0 Å². The van der Waals surface area contributed by atoms with Crippen LogP contribution < -0.4 is 15.4 Å². The maximum Gasteiger partial charge on any atom is 0.251 e. The minimum Gasteiger partial charge on any atom is -0.497 e. The zero-order chi connectivity index (χ0) is 20.7. The molecule has 4 aromatic rings. The summed E-state index contributed by atoms with van der Waals surface area (Å²) in [6, 6.07) is 11.2. The number of amides is 1. The third-order valence-corrected chi connectivity index (χ3v) is 5.49. The molecule has 7 nitrogen and oxygen atoms in total. The molecule has 0 fully saturated rings. The van der Waals surface area contributed by atoms with Crippen LogP contribution in [-0.4, -0.2) is 33.9 Å². The number of benzene rings is 2. The van der Waals surface area contributed by atoms with Crippen LogP contribution in [0.4, 0.5) is 11.5 Å². The Kier molecular flexibility index (Phi) is 4.52. The summed E-state index contributed by atoms with van der Waals surface area (Å²) >= 11 is 6.46. The van der Waals surface area contributed by atoms with Gasteiger partial charge in [-0.25, -0.2) is 9.97 Å². The third-order valence-electron chi connectivity index (χ3n) is 5.17. The molecule has 0 spiro atoms. The van der Waals surface area contributed by atoms with E-state index in [4.69, 9.17) is 16.3 Å². The second-order valence-corrected chi connectivity index (χ2v) is 7.37. The van der Waals surface area contributed by atoms with Crippen molar-refractivity contribution in [3.05, 3.63) is 71.1 Å². The van der Waals surface area contributed by atoms with Crippen LogP contribution in [-0.2, 0) is 6.42 Å². The van der Waals surface area contributed by atoms with Crippen LogP contribution in [0.3, 0.4) is 0 Å². The Morgan fingerprint density at radius 3 is 2.87 bits per heavy atom. The molecule has 0 saturated heterocycles. The Labute approximate surface area is 177 Å². The number of anilines is 2. The number of methoxy groups -OCH3 is 1. The zero-order valence-electron chi connectivity index (χ0n) is 16.1. The molecule has 1 aliphatic heterocycles. The van der Waals surface area contributed by atoms with E-state index < -0.39 is 0 Å². The van der Waals surface area contributed by atoms with Gasteiger partial charge in [0.05, 0.1) is 24.0 Å². The Balaban J connectivity index is 1.52. The zero-order valence-corrected chi connectivity index (χ0v) is 16.9. The monoisotopic (exact) mass is 419 g/mol. The first-order valence-electron chi connectivity index (χ1n) is 9.48. The lowest BCUT2D eigenvalue weighted by Crippen LogP contribution is -2.31. The highest BCUT2D eigenvalue weighted by Gasteiger charge is 2.17. The van der Waals surface area contributed by atoms with E-state index in [0.717, 1.165) is 34.5 Å². The summed E-state index contributed by atoms with van der Waals surface area (Å²) < 4.78 is 7.17. The number of imidazole rings is 1. The smallest absolute Gasteiger partial charge is 0.251 e. The minimum atomic E-state index is -0.0303. The molecule has 2 N–H and O–H groups in total. The van der Waals surface area contributed by atoms with Crippen molar-refractivity contribution in [1.82, 2.24) is 19.7 Å². The van der Waals surface area contributed by atoms with Crippen molar-refractivity contribution in [1.29, 1.82) is 0 Å². The molecule has 0 aliphatic carbocycles. The van der Waals surface area contributed by atoms with E-state index in [1.165, 1.54) is 0 Å². The Morgan fingerprint density at radius 1 is 1.17 bits per heavy atom. The van der Waals surface area contributed by atoms with Crippen molar-refractivity contribution in [2.75, 3.05) is 19.0 Å². The van der Waals surface area contributed by atoms with E-state index >= 15 is 0 Å². The summed E-state index contributed by atoms with van der Waals surface area (Å²) in [4.78, 5) is 21.0. The maximum atomic E-state index is 12.0. The quantitative estimate of drug-likeness (QED) is 0.520. The van der Waals surface area contributed by atoms with E-state index in [1.54, 1.807) is 25.6 Å². The van der Waals surface area contributed by atoms with Gasteiger partial charge < -0.3 is 15.4 Å². The SMILES string of the molecule is COc1ccc(-c2cnc3c(Nc4ccc5c(c4)CCNC5=O)nccn23)c(Cl)c1. The van der Waals surface area contributed by atoms with E-state index in [0.29, 0.717) is 28.8 Å². The number of halogens is 1. The first kappa shape index (κ1) is 18.4. The van der Waals surface area contributed by atoms with Gasteiger partial charge in [0.1, 0.15) is 5.75 Å². The van der Waals surface area contributed by atoms with Crippen molar-refractivity contribution < 1.29 is 9.53 Å². The van der Waals surface area contributed by atoms with Crippen LogP contribution in [0.15, 0.2) is 55.0 Å². The van der Waals surface area contributed by atoms with Crippen LogP contribution in [0.25, 0.3) is 16.9 Å². The molecule has 150 valence electrons. The number of hydrogen-bond acceptors (Lipinski definition) is 5. The van der Waals surface area contributed by atoms with Gasteiger partial charge in [-0.15, -0.1) is 0 Å². The topological polar surface area (TPSA) is 80.5 Å². The fourth-order valence-electron chi connectivity index (χ4n) is 3.68. The molecule has 0 unspecified atom stereocenters. The second-order valence-electron chi connectivity index (χ2n) is 6.96. The van der Waals surface area contributed by atoms with Gasteiger partial charge in [0.2, 0.25) is 0 Å². The van der Waals surface area contributed by atoms with E-state index in [-0.39, 0.29) is 5.91 Å². The van der Waals surface area contributed by atoms with Gasteiger partial charge in [0.15, 0.2) is 11.5 Å². The molecule has 0 saturated carbocycles. The Morgan fingerprint density at radius 2 is 2.03 bits per heavy atom. The highest BCUT2D eigenvalue weighted by molar-refractivity contribution is 6.33. The van der Waals surface area contributed by atoms with Gasteiger partial charge in [0.25, 0.3) is 5.91 Å². The molecular formula is C22H18ClN5O2. The molecular weight excluding hydrogens is 402 g/mol. The van der Waals surface area contributed by atoms with Crippen LogP contribution in [0, 0.1) is 0 Å². The maximum absolute atomic E-state index is 12.0. The fourth-order valence-corrected chi connectivity index (χ4v) is 3.95. The first-order valence-corrected chi connectivity index (χ1v) is 9.86. The molecule has 2 aromatic heterocycles. The Hall–Kier alpha value is -3.58. The lowest BCUT2D eigenvalue weighted by molar-refractivity contribution is 0.0946. The number of nitrogens with zero attached hydrogens (tertiary/aromatic N) is 3. The van der Waals surface area contributed by atoms with E-state index in [2.05, 4.69) is 20.6 Å². The number of aromatic nitrogens is 3. The van der Waals surface area contributed by atoms with Gasteiger partial charge in [-0.1, -0.05) is 11.6 Å². The first-order chi connectivity index (χ1) is 14.6. The molecule has 0 atom stereocenters. The predicted octanol–water partition coefficient (Wildman–Crippen LogP) is 4.09. The highest BCUT2D eigenvalue weighted by atomic mass is 35.5. The Bertz CT molecular complexity index is 1280. The molecule has 1 aliphatic rings. The largest absolute Gasteiger partial charge is 0.497 e. The highest BCUT2D eigenvalue weighted by Crippen LogP contribution is 2.33. The predicted molar refractivity (Wildman–Crippen MR) is 116 cm³/mol. The van der Waals surface area contributed by atoms with Gasteiger partial charge in [-0.3, -0.25) is 9.20 Å². The second kappa shape index (κ2) is 7.35. The van der Waals surface area contributed by atoms with Crippen LogP contribution >= 0.6 is 11.6 Å². The fraction of sp³-hybridized carbons (Fsp3) is 0.136.